The van der Waals surface area contributed by atoms with E-state index in [-0.39, 0.29) is 30.0 Å². The van der Waals surface area contributed by atoms with E-state index in [4.69, 9.17) is 4.74 Å². The summed E-state index contributed by atoms with van der Waals surface area (Å²) >= 11 is 0. The molecule has 1 heterocycles. The van der Waals surface area contributed by atoms with Crippen molar-refractivity contribution in [3.8, 4) is 6.01 Å². The van der Waals surface area contributed by atoms with E-state index in [1.807, 2.05) is 0 Å². The van der Waals surface area contributed by atoms with Crippen molar-refractivity contribution in [1.82, 2.24) is 15.3 Å². The van der Waals surface area contributed by atoms with Crippen LogP contribution >= 0.6 is 0 Å². The summed E-state index contributed by atoms with van der Waals surface area (Å²) in [7, 11) is 0. The van der Waals surface area contributed by atoms with Gasteiger partial charge in [-0.05, 0) is 57.3 Å². The molecule has 2 saturated carbocycles. The lowest BCUT2D eigenvalue weighted by molar-refractivity contribution is -0.127. The van der Waals surface area contributed by atoms with E-state index in [9.17, 15) is 9.18 Å². The van der Waals surface area contributed by atoms with E-state index in [2.05, 4.69) is 22.2 Å². The molecule has 0 radical (unpaired) electrons. The standard InChI is InChI=1S/C21H32FN3O2/c1-2-3-4-15-5-7-16(8-6-15)20(26)25-18-9-11-19(12-10-18)27-21-23-13-17(22)14-24-21/h13-16,18-19H,2-12H2,1H3,(H,25,26). The number of aromatic nitrogens is 2. The highest BCUT2D eigenvalue weighted by atomic mass is 19.1. The smallest absolute Gasteiger partial charge is 0.316 e. The van der Waals surface area contributed by atoms with E-state index < -0.39 is 5.82 Å². The van der Waals surface area contributed by atoms with Crippen molar-refractivity contribution in [2.24, 2.45) is 11.8 Å². The van der Waals surface area contributed by atoms with Crippen LogP contribution in [0, 0.1) is 17.7 Å². The van der Waals surface area contributed by atoms with Crippen LogP contribution in [0.2, 0.25) is 0 Å². The van der Waals surface area contributed by atoms with Gasteiger partial charge in [-0.2, -0.15) is 0 Å². The Hall–Kier alpha value is -1.72. The van der Waals surface area contributed by atoms with Crippen LogP contribution in [0.5, 0.6) is 6.01 Å². The Morgan fingerprint density at radius 1 is 1.11 bits per heavy atom. The fourth-order valence-electron chi connectivity index (χ4n) is 4.36. The Bertz CT molecular complexity index is 580. The van der Waals surface area contributed by atoms with Gasteiger partial charge in [-0.25, -0.2) is 14.4 Å². The first-order valence-electron chi connectivity index (χ1n) is 10.6. The number of ether oxygens (including phenoxy) is 1. The topological polar surface area (TPSA) is 64.1 Å². The van der Waals surface area contributed by atoms with E-state index >= 15 is 0 Å². The Labute approximate surface area is 161 Å². The highest BCUT2D eigenvalue weighted by Gasteiger charge is 2.29. The zero-order chi connectivity index (χ0) is 19.1. The number of nitrogens with one attached hydrogen (secondary N) is 1. The summed E-state index contributed by atoms with van der Waals surface area (Å²) in [5.74, 6) is 0.808. The maximum atomic E-state index is 12.8. The van der Waals surface area contributed by atoms with Gasteiger partial charge in [-0.15, -0.1) is 0 Å². The number of nitrogens with zero attached hydrogens (tertiary/aromatic N) is 2. The summed E-state index contributed by atoms with van der Waals surface area (Å²) in [4.78, 5) is 20.3. The maximum absolute atomic E-state index is 12.8. The van der Waals surface area contributed by atoms with E-state index in [1.165, 1.54) is 32.1 Å². The average Bonchev–Trinajstić information content (AvgIpc) is 2.70. The van der Waals surface area contributed by atoms with Crippen LogP contribution in [-0.2, 0) is 4.79 Å². The lowest BCUT2D eigenvalue weighted by atomic mass is 9.79. The summed E-state index contributed by atoms with van der Waals surface area (Å²) in [6.07, 6.45) is 14.2. The second kappa shape index (κ2) is 10.00. The summed E-state index contributed by atoms with van der Waals surface area (Å²) in [6.45, 7) is 2.24. The number of carbonyl (C=O) groups excluding carboxylic acids is 1. The molecule has 0 atom stereocenters. The molecule has 2 aliphatic rings. The van der Waals surface area contributed by atoms with Gasteiger partial charge >= 0.3 is 6.01 Å². The van der Waals surface area contributed by atoms with Crippen LogP contribution in [0.1, 0.15) is 77.6 Å². The van der Waals surface area contributed by atoms with Crippen molar-refractivity contribution in [3.63, 3.8) is 0 Å². The number of rotatable bonds is 7. The second-order valence-electron chi connectivity index (χ2n) is 8.14. The third-order valence-electron chi connectivity index (χ3n) is 6.07. The van der Waals surface area contributed by atoms with Crippen LogP contribution in [0.25, 0.3) is 0 Å². The molecule has 27 heavy (non-hydrogen) atoms. The molecule has 0 aromatic carbocycles. The summed E-state index contributed by atoms with van der Waals surface area (Å²) < 4.78 is 18.6. The molecule has 0 bridgehead atoms. The highest BCUT2D eigenvalue weighted by Crippen LogP contribution is 2.32. The van der Waals surface area contributed by atoms with Crippen molar-refractivity contribution in [1.29, 1.82) is 0 Å². The molecule has 5 nitrogen and oxygen atoms in total. The lowest BCUT2D eigenvalue weighted by Crippen LogP contribution is -2.43. The van der Waals surface area contributed by atoms with Gasteiger partial charge in [0.2, 0.25) is 5.91 Å². The van der Waals surface area contributed by atoms with Gasteiger partial charge in [0.1, 0.15) is 6.10 Å². The largest absolute Gasteiger partial charge is 0.460 e. The molecule has 0 aliphatic heterocycles. The molecule has 0 spiro atoms. The molecule has 1 aromatic rings. The van der Waals surface area contributed by atoms with E-state index in [0.29, 0.717) is 0 Å². The third-order valence-corrected chi connectivity index (χ3v) is 6.07. The molecule has 150 valence electrons. The first-order valence-corrected chi connectivity index (χ1v) is 10.6. The van der Waals surface area contributed by atoms with Crippen molar-refractivity contribution in [2.45, 2.75) is 89.7 Å². The van der Waals surface area contributed by atoms with Crippen LogP contribution in [0.3, 0.4) is 0 Å². The monoisotopic (exact) mass is 377 g/mol. The minimum atomic E-state index is -0.465. The molecule has 6 heteroatoms. The molecule has 2 aliphatic carbocycles. The SMILES string of the molecule is CCCCC1CCC(C(=O)NC2CCC(Oc3ncc(F)cn3)CC2)CC1. The molecule has 1 amide bonds. The summed E-state index contributed by atoms with van der Waals surface area (Å²) in [5.41, 5.74) is 0. The number of amides is 1. The number of carbonyl (C=O) groups is 1. The first-order chi connectivity index (χ1) is 13.1. The molecule has 3 rings (SSSR count). The molecule has 0 unspecified atom stereocenters. The number of unbranched alkanes of at least 4 members (excludes halogenated alkanes) is 1. The lowest BCUT2D eigenvalue weighted by Gasteiger charge is -2.32. The zero-order valence-corrected chi connectivity index (χ0v) is 16.3. The Morgan fingerprint density at radius 2 is 1.78 bits per heavy atom. The molecular weight excluding hydrogens is 345 g/mol. The van der Waals surface area contributed by atoms with Crippen molar-refractivity contribution >= 4 is 5.91 Å². The van der Waals surface area contributed by atoms with Crippen LogP contribution in [-0.4, -0.2) is 28.0 Å². The van der Waals surface area contributed by atoms with Crippen molar-refractivity contribution < 1.29 is 13.9 Å². The number of halogens is 1. The fourth-order valence-corrected chi connectivity index (χ4v) is 4.36. The van der Waals surface area contributed by atoms with Gasteiger partial charge in [0.05, 0.1) is 12.4 Å². The minimum absolute atomic E-state index is 0.0395. The van der Waals surface area contributed by atoms with E-state index in [0.717, 1.165) is 56.8 Å². The van der Waals surface area contributed by atoms with Crippen molar-refractivity contribution in [3.05, 3.63) is 18.2 Å². The maximum Gasteiger partial charge on any atom is 0.316 e. The molecular formula is C21H32FN3O2. The van der Waals surface area contributed by atoms with Crippen molar-refractivity contribution in [2.75, 3.05) is 0 Å². The van der Waals surface area contributed by atoms with Gasteiger partial charge < -0.3 is 10.1 Å². The summed E-state index contributed by atoms with van der Waals surface area (Å²) in [5, 5.41) is 3.26. The normalized spacial score (nSPS) is 28.5. The molecule has 1 N–H and O–H groups in total. The molecule has 2 fully saturated rings. The first kappa shape index (κ1) is 20.0. The highest BCUT2D eigenvalue weighted by molar-refractivity contribution is 5.79. The zero-order valence-electron chi connectivity index (χ0n) is 16.3. The van der Waals surface area contributed by atoms with Gasteiger partial charge in [0.25, 0.3) is 0 Å². The quantitative estimate of drug-likeness (QED) is 0.764. The second-order valence-corrected chi connectivity index (χ2v) is 8.14. The fraction of sp³-hybridized carbons (Fsp3) is 0.762. The predicted octanol–water partition coefficient (Wildman–Crippen LogP) is 4.42. The molecule has 0 saturated heterocycles. The number of hydrogen-bond acceptors (Lipinski definition) is 4. The molecule has 1 aromatic heterocycles. The average molecular weight is 378 g/mol. The Kier molecular flexibility index (Phi) is 7.41. The van der Waals surface area contributed by atoms with Gasteiger partial charge in [0.15, 0.2) is 5.82 Å². The number of hydrogen-bond donors (Lipinski definition) is 1. The minimum Gasteiger partial charge on any atom is -0.460 e. The van der Waals surface area contributed by atoms with E-state index in [1.54, 1.807) is 0 Å². The Balaban J connectivity index is 1.35. The van der Waals surface area contributed by atoms with Gasteiger partial charge in [-0.1, -0.05) is 26.2 Å². The van der Waals surface area contributed by atoms with Gasteiger partial charge in [0, 0.05) is 12.0 Å². The summed E-state index contributed by atoms with van der Waals surface area (Å²) in [6, 6.07) is 0.466. The van der Waals surface area contributed by atoms with Crippen LogP contribution in [0.15, 0.2) is 12.4 Å². The third kappa shape index (κ3) is 6.15. The predicted molar refractivity (Wildman–Crippen MR) is 102 cm³/mol. The van der Waals surface area contributed by atoms with Crippen LogP contribution < -0.4 is 10.1 Å². The van der Waals surface area contributed by atoms with Crippen LogP contribution in [0.4, 0.5) is 4.39 Å². The van der Waals surface area contributed by atoms with Gasteiger partial charge in [-0.3, -0.25) is 4.79 Å². The Morgan fingerprint density at radius 3 is 2.41 bits per heavy atom.